The number of nitrogens with two attached hydrogens (primary N) is 1. The van der Waals surface area contributed by atoms with Crippen LogP contribution >= 0.6 is 0 Å². The molecule has 1 aliphatic carbocycles. The van der Waals surface area contributed by atoms with Crippen molar-refractivity contribution in [1.29, 1.82) is 0 Å². The van der Waals surface area contributed by atoms with Crippen LogP contribution in [0.3, 0.4) is 0 Å². The first-order chi connectivity index (χ1) is 11.5. The lowest BCUT2D eigenvalue weighted by molar-refractivity contribution is -0.123. The van der Waals surface area contributed by atoms with E-state index in [0.29, 0.717) is 11.6 Å². The molecule has 0 radical (unpaired) electrons. The van der Waals surface area contributed by atoms with Crippen molar-refractivity contribution in [1.82, 2.24) is 10.6 Å². The highest BCUT2D eigenvalue weighted by Crippen LogP contribution is 2.23. The number of nitrogen functional groups attached to an aromatic ring is 1. The summed E-state index contributed by atoms with van der Waals surface area (Å²) < 4.78 is 4.87. The quantitative estimate of drug-likeness (QED) is 0.575. The first-order valence-corrected chi connectivity index (χ1v) is 8.08. The zero-order valence-corrected chi connectivity index (χ0v) is 13.7. The summed E-state index contributed by atoms with van der Waals surface area (Å²) >= 11 is 0. The highest BCUT2D eigenvalue weighted by molar-refractivity contribution is 5.97. The van der Waals surface area contributed by atoms with Crippen molar-refractivity contribution in [3.05, 3.63) is 29.8 Å². The van der Waals surface area contributed by atoms with E-state index >= 15 is 0 Å². The van der Waals surface area contributed by atoms with Crippen molar-refractivity contribution in [2.24, 2.45) is 5.92 Å². The first kappa shape index (κ1) is 17.8. The van der Waals surface area contributed by atoms with Crippen molar-refractivity contribution in [2.75, 3.05) is 12.3 Å². The van der Waals surface area contributed by atoms with Crippen molar-refractivity contribution in [3.8, 4) is 0 Å². The van der Waals surface area contributed by atoms with Gasteiger partial charge in [0.05, 0.1) is 5.56 Å². The van der Waals surface area contributed by atoms with Crippen LogP contribution in [0.15, 0.2) is 24.3 Å². The molecular formula is C17H23N3O4. The maximum atomic E-state index is 11.8. The summed E-state index contributed by atoms with van der Waals surface area (Å²) in [6.45, 7) is 1.57. The van der Waals surface area contributed by atoms with Crippen LogP contribution in [0.4, 0.5) is 10.5 Å². The summed E-state index contributed by atoms with van der Waals surface area (Å²) in [6.07, 6.45) is 4.22. The number of carbonyl (C=O) groups is 3. The number of nitrogens with one attached hydrogen (secondary N) is 2. The smallest absolute Gasteiger partial charge is 0.338 e. The second-order valence-corrected chi connectivity index (χ2v) is 6.09. The van der Waals surface area contributed by atoms with Crippen LogP contribution in [0, 0.1) is 5.92 Å². The molecular weight excluding hydrogens is 310 g/mol. The molecule has 0 heterocycles. The molecule has 0 spiro atoms. The van der Waals surface area contributed by atoms with Crippen molar-refractivity contribution < 1.29 is 19.1 Å². The normalized spacial score (nSPS) is 20.0. The van der Waals surface area contributed by atoms with Gasteiger partial charge in [0.1, 0.15) is 0 Å². The fourth-order valence-corrected chi connectivity index (χ4v) is 2.73. The monoisotopic (exact) mass is 333 g/mol. The fourth-order valence-electron chi connectivity index (χ4n) is 2.73. The van der Waals surface area contributed by atoms with Crippen molar-refractivity contribution in [2.45, 2.75) is 38.6 Å². The first-order valence-electron chi connectivity index (χ1n) is 8.08. The zero-order chi connectivity index (χ0) is 17.5. The van der Waals surface area contributed by atoms with Crippen LogP contribution < -0.4 is 16.4 Å². The molecule has 7 heteroatoms. The van der Waals surface area contributed by atoms with Crippen LogP contribution in [0.2, 0.25) is 0 Å². The van der Waals surface area contributed by atoms with Gasteiger partial charge in [0.2, 0.25) is 0 Å². The highest BCUT2D eigenvalue weighted by atomic mass is 16.5. The van der Waals surface area contributed by atoms with Crippen molar-refractivity contribution in [3.63, 3.8) is 0 Å². The minimum Gasteiger partial charge on any atom is -0.452 e. The summed E-state index contributed by atoms with van der Waals surface area (Å²) in [5, 5.41) is 4.98. The van der Waals surface area contributed by atoms with E-state index in [2.05, 4.69) is 17.6 Å². The molecule has 0 saturated heterocycles. The average Bonchev–Trinajstić information content (AvgIpc) is 2.55. The van der Waals surface area contributed by atoms with Crippen LogP contribution in [0.5, 0.6) is 0 Å². The van der Waals surface area contributed by atoms with Crippen LogP contribution in [-0.4, -0.2) is 30.6 Å². The summed E-state index contributed by atoms with van der Waals surface area (Å²) in [6, 6.07) is 5.66. The Kier molecular flexibility index (Phi) is 6.17. The molecule has 1 saturated carbocycles. The third-order valence-electron chi connectivity index (χ3n) is 4.16. The molecule has 2 rings (SSSR count). The third kappa shape index (κ3) is 5.26. The lowest BCUT2D eigenvalue weighted by Crippen LogP contribution is -2.48. The Morgan fingerprint density at radius 1 is 1.17 bits per heavy atom. The highest BCUT2D eigenvalue weighted by Gasteiger charge is 2.23. The Hall–Kier alpha value is -2.57. The second-order valence-electron chi connectivity index (χ2n) is 6.09. The molecule has 4 N–H and O–H groups in total. The van der Waals surface area contributed by atoms with Gasteiger partial charge in [-0.3, -0.25) is 10.1 Å². The van der Waals surface area contributed by atoms with Crippen LogP contribution in [0.25, 0.3) is 0 Å². The van der Waals surface area contributed by atoms with Gasteiger partial charge in [-0.2, -0.15) is 0 Å². The van der Waals surface area contributed by atoms with Gasteiger partial charge >= 0.3 is 12.0 Å². The number of imide groups is 1. The van der Waals surface area contributed by atoms with Gasteiger partial charge < -0.3 is 15.8 Å². The molecule has 0 unspecified atom stereocenters. The zero-order valence-electron chi connectivity index (χ0n) is 13.7. The number of rotatable bonds is 4. The Labute approximate surface area is 140 Å². The van der Waals surface area contributed by atoms with E-state index in [1.807, 2.05) is 0 Å². The maximum absolute atomic E-state index is 11.8. The number of amides is 3. The number of ether oxygens (including phenoxy) is 1. The number of anilines is 1. The lowest BCUT2D eigenvalue weighted by atomic mass is 9.86. The van der Waals surface area contributed by atoms with E-state index in [1.54, 1.807) is 12.1 Å². The molecule has 2 atom stereocenters. The fraction of sp³-hybridized carbons (Fsp3) is 0.471. The Morgan fingerprint density at radius 2 is 1.83 bits per heavy atom. The molecule has 0 aliphatic heterocycles. The summed E-state index contributed by atoms with van der Waals surface area (Å²) in [7, 11) is 0. The summed E-state index contributed by atoms with van der Waals surface area (Å²) in [4.78, 5) is 35.3. The van der Waals surface area contributed by atoms with E-state index in [4.69, 9.17) is 10.5 Å². The maximum Gasteiger partial charge on any atom is 0.338 e. The molecule has 1 aromatic rings. The summed E-state index contributed by atoms with van der Waals surface area (Å²) in [5.74, 6) is -0.922. The van der Waals surface area contributed by atoms with Crippen LogP contribution in [0.1, 0.15) is 43.0 Å². The van der Waals surface area contributed by atoms with Crippen LogP contribution in [-0.2, 0) is 9.53 Å². The molecule has 1 aliphatic rings. The SMILES string of the molecule is C[C@H]1CCCC[C@H]1NC(=O)NC(=O)COC(=O)c1ccc(N)cc1. The Bertz CT molecular complexity index is 600. The Morgan fingerprint density at radius 3 is 2.50 bits per heavy atom. The second kappa shape index (κ2) is 8.33. The van der Waals surface area contributed by atoms with E-state index in [0.717, 1.165) is 19.3 Å². The number of hydrogen-bond donors (Lipinski definition) is 3. The van der Waals surface area contributed by atoms with Gasteiger partial charge in [-0.1, -0.05) is 19.8 Å². The molecule has 3 amide bonds. The van der Waals surface area contributed by atoms with Gasteiger partial charge in [0.15, 0.2) is 6.61 Å². The minimum atomic E-state index is -0.667. The molecule has 0 bridgehead atoms. The average molecular weight is 333 g/mol. The molecule has 24 heavy (non-hydrogen) atoms. The van der Waals surface area contributed by atoms with Gasteiger partial charge in [0, 0.05) is 11.7 Å². The number of carbonyl (C=O) groups excluding carboxylic acids is 3. The number of urea groups is 1. The molecule has 0 aromatic heterocycles. The van der Waals surface area contributed by atoms with E-state index in [1.165, 1.54) is 18.6 Å². The standard InChI is InChI=1S/C17H23N3O4/c1-11-4-2-3-5-14(11)19-17(23)20-15(21)10-24-16(22)12-6-8-13(18)9-7-12/h6-9,11,14H,2-5,10,18H2,1H3,(H2,19,20,21,23)/t11-,14+/m0/s1. The largest absolute Gasteiger partial charge is 0.452 e. The third-order valence-corrected chi connectivity index (χ3v) is 4.16. The van der Waals surface area contributed by atoms with Gasteiger partial charge in [0.25, 0.3) is 5.91 Å². The van der Waals surface area contributed by atoms with E-state index < -0.39 is 24.5 Å². The number of hydrogen-bond acceptors (Lipinski definition) is 5. The predicted octanol–water partition coefficient (Wildman–Crippen LogP) is 1.83. The lowest BCUT2D eigenvalue weighted by Gasteiger charge is -2.29. The molecule has 130 valence electrons. The van der Waals surface area contributed by atoms with Crippen molar-refractivity contribution >= 4 is 23.6 Å². The molecule has 7 nitrogen and oxygen atoms in total. The van der Waals surface area contributed by atoms with E-state index in [9.17, 15) is 14.4 Å². The van der Waals surface area contributed by atoms with Gasteiger partial charge in [-0.15, -0.1) is 0 Å². The summed E-state index contributed by atoms with van der Waals surface area (Å²) in [5.41, 5.74) is 6.34. The minimum absolute atomic E-state index is 0.0730. The van der Waals surface area contributed by atoms with Gasteiger partial charge in [-0.05, 0) is 43.0 Å². The molecule has 1 fully saturated rings. The van der Waals surface area contributed by atoms with E-state index in [-0.39, 0.29) is 11.6 Å². The Balaban J connectivity index is 1.73. The molecule has 1 aromatic carbocycles. The number of benzene rings is 1. The number of esters is 1. The van der Waals surface area contributed by atoms with Gasteiger partial charge in [-0.25, -0.2) is 9.59 Å². The predicted molar refractivity (Wildman–Crippen MR) is 89.2 cm³/mol. The topological polar surface area (TPSA) is 111 Å².